The number of esters is 1. The van der Waals surface area contributed by atoms with E-state index in [9.17, 15) is 9.59 Å². The molecule has 0 radical (unpaired) electrons. The molecule has 0 unspecified atom stereocenters. The number of carbonyl (C=O) groups excluding carboxylic acids is 2. The van der Waals surface area contributed by atoms with Crippen LogP contribution in [0.25, 0.3) is 0 Å². The van der Waals surface area contributed by atoms with Crippen molar-refractivity contribution in [2.24, 2.45) is 0 Å². The van der Waals surface area contributed by atoms with E-state index in [0.717, 1.165) is 0 Å². The molecule has 1 aromatic carbocycles. The van der Waals surface area contributed by atoms with E-state index in [1.165, 1.54) is 12.0 Å². The number of benzene rings is 1. The average molecular weight is 543 g/mol. The Morgan fingerprint density at radius 1 is 1.11 bits per heavy atom. The van der Waals surface area contributed by atoms with Gasteiger partial charge in [-0.15, -0.1) is 0 Å². The summed E-state index contributed by atoms with van der Waals surface area (Å²) in [5.74, 6) is 0.502. The van der Waals surface area contributed by atoms with E-state index in [4.69, 9.17) is 42.1 Å². The van der Waals surface area contributed by atoms with Crippen molar-refractivity contribution in [2.75, 3.05) is 20.8 Å². The minimum absolute atomic E-state index is 0. The van der Waals surface area contributed by atoms with Gasteiger partial charge in [-0.05, 0) is 51.3 Å². The first-order valence-electron chi connectivity index (χ1n) is 11.3. The molecule has 2 aromatic rings. The van der Waals surface area contributed by atoms with Gasteiger partial charge in [-0.1, -0.05) is 29.3 Å². The lowest BCUT2D eigenvalue weighted by atomic mass is 10.0. The van der Waals surface area contributed by atoms with Crippen LogP contribution in [0.3, 0.4) is 0 Å². The van der Waals surface area contributed by atoms with Gasteiger partial charge in [0.05, 0.1) is 14.2 Å². The molecule has 9 nitrogen and oxygen atoms in total. The van der Waals surface area contributed by atoms with Crippen LogP contribution in [0.2, 0.25) is 10.0 Å². The minimum atomic E-state index is -0.749. The monoisotopic (exact) mass is 542 g/mol. The Morgan fingerprint density at radius 3 is 2.33 bits per heavy atom. The first-order chi connectivity index (χ1) is 16.5. The summed E-state index contributed by atoms with van der Waals surface area (Å²) in [6, 6.07) is 4.52. The highest BCUT2D eigenvalue weighted by Crippen LogP contribution is 2.35. The highest BCUT2D eigenvalue weighted by atomic mass is 35.5. The molecular weight excluding hydrogens is 511 g/mol. The number of aromatic nitrogens is 1. The predicted molar refractivity (Wildman–Crippen MR) is 133 cm³/mol. The van der Waals surface area contributed by atoms with Gasteiger partial charge in [-0.25, -0.2) is 14.6 Å². The lowest BCUT2D eigenvalue weighted by Gasteiger charge is -2.29. The Hall–Kier alpha value is -2.75. The molecule has 1 saturated heterocycles. The van der Waals surface area contributed by atoms with Crippen LogP contribution in [0, 0.1) is 0 Å². The summed E-state index contributed by atoms with van der Waals surface area (Å²) in [5.41, 5.74) is 0.613. The van der Waals surface area contributed by atoms with E-state index >= 15 is 0 Å². The highest BCUT2D eigenvalue weighted by molar-refractivity contribution is 6.35. The molecule has 2 atom stereocenters. The smallest absolute Gasteiger partial charge is 0.411 e. The fraction of sp³-hybridized carbons (Fsp3) is 0.480. The Labute approximate surface area is 220 Å². The average Bonchev–Trinajstić information content (AvgIpc) is 3.29. The van der Waals surface area contributed by atoms with E-state index in [-0.39, 0.29) is 11.9 Å². The number of nitrogens with one attached hydrogen (secondary N) is 1. The quantitative estimate of drug-likeness (QED) is 0.457. The molecule has 36 heavy (non-hydrogen) atoms. The van der Waals surface area contributed by atoms with E-state index in [1.807, 2.05) is 0 Å². The number of methoxy groups -OCH3 is 2. The van der Waals surface area contributed by atoms with Gasteiger partial charge >= 0.3 is 12.1 Å². The van der Waals surface area contributed by atoms with Crippen LogP contribution in [0.15, 0.2) is 30.6 Å². The fourth-order valence-corrected chi connectivity index (χ4v) is 4.44. The summed E-state index contributed by atoms with van der Waals surface area (Å²) in [7, 11) is 3.07. The van der Waals surface area contributed by atoms with Crippen LogP contribution in [0.4, 0.5) is 4.79 Å². The first kappa shape index (κ1) is 29.5. The maximum atomic E-state index is 13.3. The Balaban J connectivity index is 0.00000456. The topological polar surface area (TPSA) is 118 Å². The molecule has 1 fully saturated rings. The normalized spacial score (nSPS) is 16.1. The molecule has 0 bridgehead atoms. The summed E-state index contributed by atoms with van der Waals surface area (Å²) in [5, 5.41) is 0.825. The van der Waals surface area contributed by atoms with Gasteiger partial charge in [-0.3, -0.25) is 4.90 Å². The number of hydrogen-bond acceptors (Lipinski definition) is 7. The van der Waals surface area contributed by atoms with Crippen molar-refractivity contribution in [1.29, 1.82) is 0 Å². The van der Waals surface area contributed by atoms with Crippen LogP contribution in [0.1, 0.15) is 50.8 Å². The van der Waals surface area contributed by atoms with E-state index in [0.29, 0.717) is 52.1 Å². The fourth-order valence-electron chi connectivity index (χ4n) is 3.91. The molecule has 1 aliphatic rings. The number of halogens is 2. The zero-order chi connectivity index (χ0) is 25.8. The zero-order valence-electron chi connectivity index (χ0n) is 21.0. The lowest BCUT2D eigenvalue weighted by Crippen LogP contribution is -2.44. The minimum Gasteiger partial charge on any atom is -0.870 e. The second-order valence-electron chi connectivity index (χ2n) is 9.21. The lowest BCUT2D eigenvalue weighted by molar-refractivity contribution is -0.377. The number of likely N-dealkylation sites (tertiary alicyclic amines) is 1. The number of rotatable bonds is 7. The molecule has 2 heterocycles. The predicted octanol–water partition coefficient (Wildman–Crippen LogP) is 4.87. The maximum Gasteiger partial charge on any atom is 0.411 e. The van der Waals surface area contributed by atoms with Gasteiger partial charge in [0.1, 0.15) is 27.8 Å². The van der Waals surface area contributed by atoms with Crippen LogP contribution in [-0.4, -0.2) is 54.8 Å². The van der Waals surface area contributed by atoms with Crippen molar-refractivity contribution in [3.05, 3.63) is 51.8 Å². The second-order valence-corrected chi connectivity index (χ2v) is 10.0. The zero-order valence-corrected chi connectivity index (χ0v) is 22.5. The van der Waals surface area contributed by atoms with E-state index < -0.39 is 29.8 Å². The summed E-state index contributed by atoms with van der Waals surface area (Å²) in [4.78, 5) is 30.3. The number of nitrogens with zero attached hydrogens (tertiary/aromatic N) is 1. The summed E-state index contributed by atoms with van der Waals surface area (Å²) in [6.45, 7) is 5.77. The van der Waals surface area contributed by atoms with E-state index in [2.05, 4.69) is 4.98 Å². The Morgan fingerprint density at radius 2 is 1.75 bits per heavy atom. The van der Waals surface area contributed by atoms with Crippen LogP contribution in [0.5, 0.6) is 11.5 Å². The molecule has 0 saturated carbocycles. The van der Waals surface area contributed by atoms with E-state index in [1.54, 1.807) is 58.5 Å². The highest BCUT2D eigenvalue weighted by Gasteiger charge is 2.39. The van der Waals surface area contributed by atoms with Gasteiger partial charge in [0.15, 0.2) is 23.9 Å². The maximum absolute atomic E-state index is 13.3. The van der Waals surface area contributed by atoms with Crippen molar-refractivity contribution < 1.29 is 39.0 Å². The third kappa shape index (κ3) is 7.15. The van der Waals surface area contributed by atoms with Gasteiger partial charge < -0.3 is 24.4 Å². The van der Waals surface area contributed by atoms with Crippen LogP contribution in [-0.2, 0) is 20.7 Å². The van der Waals surface area contributed by atoms with Crippen molar-refractivity contribution in [2.45, 2.75) is 57.8 Å². The molecule has 1 aromatic heterocycles. The van der Waals surface area contributed by atoms with Gasteiger partial charge in [-0.2, -0.15) is 0 Å². The van der Waals surface area contributed by atoms with Crippen molar-refractivity contribution >= 4 is 35.3 Å². The van der Waals surface area contributed by atoms with Crippen molar-refractivity contribution in [3.63, 3.8) is 0 Å². The first-order valence-corrected chi connectivity index (χ1v) is 12.1. The molecular formula is C25H32Cl2N2O7. The number of ether oxygens (including phenoxy) is 4. The SMILES string of the molecule is COc1ccc([C@H](Cc2c(Cl)c[nH+]cc2Cl)OC(=O)[C@@H]2CCCN2C(=O)OC(C)(C)C)cc1OC.[OH-]. The third-order valence-corrected chi connectivity index (χ3v) is 6.25. The number of amides is 1. The summed E-state index contributed by atoms with van der Waals surface area (Å²) >= 11 is 12.8. The summed E-state index contributed by atoms with van der Waals surface area (Å²) in [6.07, 6.45) is 3.30. The number of pyridine rings is 1. The molecule has 0 spiro atoms. The number of aromatic amines is 1. The largest absolute Gasteiger partial charge is 0.870 e. The molecule has 11 heteroatoms. The van der Waals surface area contributed by atoms with Gasteiger partial charge in [0.25, 0.3) is 0 Å². The molecule has 1 amide bonds. The Kier molecular flexibility index (Phi) is 10.2. The molecule has 198 valence electrons. The van der Waals surface area contributed by atoms with Crippen LogP contribution < -0.4 is 14.5 Å². The Bertz CT molecular complexity index is 1050. The number of carbonyl (C=O) groups is 2. The van der Waals surface area contributed by atoms with Gasteiger partial charge in [0, 0.05) is 18.5 Å². The standard InChI is InChI=1S/C25H30Cl2N2O6.H2O/c1-25(2,3)35-24(31)29-10-6-7-19(29)23(30)34-21(12-16-17(26)13-28-14-18(16)27)15-8-9-20(32-4)22(11-15)33-5;/h8-9,11,13-14,19,21H,6-7,10,12H2,1-5H3;1H2/t19-,21-;/m0./s1. The molecule has 3 rings (SSSR count). The number of hydrogen-bond donors (Lipinski definition) is 0. The van der Waals surface area contributed by atoms with Crippen LogP contribution >= 0.6 is 23.2 Å². The van der Waals surface area contributed by atoms with Crippen molar-refractivity contribution in [3.8, 4) is 11.5 Å². The van der Waals surface area contributed by atoms with Gasteiger partial charge in [0.2, 0.25) is 0 Å². The third-order valence-electron chi connectivity index (χ3n) is 5.58. The molecule has 0 aliphatic carbocycles. The second kappa shape index (κ2) is 12.5. The van der Waals surface area contributed by atoms with Crippen molar-refractivity contribution in [1.82, 2.24) is 4.90 Å². The molecule has 2 N–H and O–H groups in total. The molecule has 1 aliphatic heterocycles. The number of H-pyrrole nitrogens is 1. The summed E-state index contributed by atoms with van der Waals surface area (Å²) < 4.78 is 22.3.